The summed E-state index contributed by atoms with van der Waals surface area (Å²) >= 11 is 0. The summed E-state index contributed by atoms with van der Waals surface area (Å²) in [4.78, 5) is 28.7. The molecule has 1 heterocycles. The SMILES string of the molecule is N#Cc1ccc(CN2CCCN(C(=O)CNC(=O)c3ccccc3)CC2)cc1. The first-order chi connectivity index (χ1) is 13.7. The van der Waals surface area contributed by atoms with Gasteiger partial charge in [0.05, 0.1) is 18.2 Å². The zero-order valence-corrected chi connectivity index (χ0v) is 15.8. The Hall–Kier alpha value is -3.17. The van der Waals surface area contributed by atoms with Crippen molar-refractivity contribution in [1.29, 1.82) is 5.26 Å². The van der Waals surface area contributed by atoms with E-state index in [0.717, 1.165) is 31.6 Å². The van der Waals surface area contributed by atoms with Crippen LogP contribution in [0.15, 0.2) is 54.6 Å². The molecule has 1 aliphatic rings. The Balaban J connectivity index is 1.46. The van der Waals surface area contributed by atoms with Gasteiger partial charge in [0.15, 0.2) is 0 Å². The summed E-state index contributed by atoms with van der Waals surface area (Å²) in [6.45, 7) is 3.88. The summed E-state index contributed by atoms with van der Waals surface area (Å²) < 4.78 is 0. The first-order valence-corrected chi connectivity index (χ1v) is 9.48. The number of nitrogens with zero attached hydrogens (tertiary/aromatic N) is 3. The summed E-state index contributed by atoms with van der Waals surface area (Å²) in [5, 5.41) is 11.6. The monoisotopic (exact) mass is 376 g/mol. The molecule has 3 rings (SSSR count). The van der Waals surface area contributed by atoms with Crippen LogP contribution in [0, 0.1) is 11.3 Å². The number of nitrogens with one attached hydrogen (secondary N) is 1. The van der Waals surface area contributed by atoms with Gasteiger partial charge in [-0.05, 0) is 36.2 Å². The van der Waals surface area contributed by atoms with Crippen molar-refractivity contribution >= 4 is 11.8 Å². The second-order valence-corrected chi connectivity index (χ2v) is 6.87. The molecule has 2 amide bonds. The summed E-state index contributed by atoms with van der Waals surface area (Å²) in [5.41, 5.74) is 2.38. The van der Waals surface area contributed by atoms with Crippen LogP contribution in [0.2, 0.25) is 0 Å². The molecule has 2 aromatic carbocycles. The lowest BCUT2D eigenvalue weighted by molar-refractivity contribution is -0.130. The second kappa shape index (κ2) is 9.67. The van der Waals surface area contributed by atoms with Crippen LogP contribution in [0.1, 0.15) is 27.9 Å². The minimum Gasteiger partial charge on any atom is -0.343 e. The van der Waals surface area contributed by atoms with Crippen LogP contribution in [0.4, 0.5) is 0 Å². The van der Waals surface area contributed by atoms with Crippen molar-refractivity contribution in [2.45, 2.75) is 13.0 Å². The van der Waals surface area contributed by atoms with Gasteiger partial charge in [-0.3, -0.25) is 14.5 Å². The first kappa shape index (κ1) is 19.6. The van der Waals surface area contributed by atoms with Crippen molar-refractivity contribution < 1.29 is 9.59 Å². The smallest absolute Gasteiger partial charge is 0.251 e. The fraction of sp³-hybridized carbons (Fsp3) is 0.318. The van der Waals surface area contributed by atoms with Gasteiger partial charge in [0.2, 0.25) is 5.91 Å². The predicted molar refractivity (Wildman–Crippen MR) is 106 cm³/mol. The van der Waals surface area contributed by atoms with Gasteiger partial charge in [0.25, 0.3) is 5.91 Å². The third kappa shape index (κ3) is 5.41. The summed E-state index contributed by atoms with van der Waals surface area (Å²) in [5.74, 6) is -0.282. The number of hydrogen-bond acceptors (Lipinski definition) is 4. The topological polar surface area (TPSA) is 76.4 Å². The maximum Gasteiger partial charge on any atom is 0.251 e. The van der Waals surface area contributed by atoms with Gasteiger partial charge >= 0.3 is 0 Å². The average Bonchev–Trinajstić information content (AvgIpc) is 2.98. The van der Waals surface area contributed by atoms with Crippen LogP contribution in [0.5, 0.6) is 0 Å². The number of hydrogen-bond donors (Lipinski definition) is 1. The molecule has 0 aromatic heterocycles. The quantitative estimate of drug-likeness (QED) is 0.866. The van der Waals surface area contributed by atoms with E-state index in [1.54, 1.807) is 24.3 Å². The minimum atomic E-state index is -0.230. The molecule has 6 heteroatoms. The van der Waals surface area contributed by atoms with Crippen molar-refractivity contribution in [3.63, 3.8) is 0 Å². The van der Waals surface area contributed by atoms with E-state index in [-0.39, 0.29) is 18.4 Å². The first-order valence-electron chi connectivity index (χ1n) is 9.48. The maximum atomic E-state index is 12.5. The molecule has 0 saturated carbocycles. The van der Waals surface area contributed by atoms with E-state index in [2.05, 4.69) is 16.3 Å². The van der Waals surface area contributed by atoms with Crippen LogP contribution in [0.3, 0.4) is 0 Å². The molecule has 1 N–H and O–H groups in total. The molecule has 1 fully saturated rings. The summed E-state index contributed by atoms with van der Waals surface area (Å²) in [7, 11) is 0. The Morgan fingerprint density at radius 3 is 2.43 bits per heavy atom. The van der Waals surface area contributed by atoms with E-state index in [0.29, 0.717) is 24.2 Å². The van der Waals surface area contributed by atoms with Gasteiger partial charge in [0.1, 0.15) is 0 Å². The number of carbonyl (C=O) groups is 2. The third-order valence-electron chi connectivity index (χ3n) is 4.87. The average molecular weight is 376 g/mol. The van der Waals surface area contributed by atoms with E-state index in [4.69, 9.17) is 5.26 Å². The molecule has 0 unspecified atom stereocenters. The van der Waals surface area contributed by atoms with Crippen molar-refractivity contribution in [1.82, 2.24) is 15.1 Å². The molecule has 0 spiro atoms. The molecule has 6 nitrogen and oxygen atoms in total. The van der Waals surface area contributed by atoms with Crippen LogP contribution < -0.4 is 5.32 Å². The lowest BCUT2D eigenvalue weighted by Crippen LogP contribution is -2.42. The zero-order chi connectivity index (χ0) is 19.8. The van der Waals surface area contributed by atoms with Gasteiger partial charge < -0.3 is 10.2 Å². The minimum absolute atomic E-state index is 0.0172. The van der Waals surface area contributed by atoms with Crippen molar-refractivity contribution in [2.24, 2.45) is 0 Å². The molecule has 28 heavy (non-hydrogen) atoms. The second-order valence-electron chi connectivity index (χ2n) is 6.87. The highest BCUT2D eigenvalue weighted by Crippen LogP contribution is 2.10. The largest absolute Gasteiger partial charge is 0.343 e. The molecule has 0 radical (unpaired) electrons. The fourth-order valence-electron chi connectivity index (χ4n) is 3.28. The van der Waals surface area contributed by atoms with Crippen LogP contribution in [-0.4, -0.2) is 54.3 Å². The number of rotatable bonds is 5. The van der Waals surface area contributed by atoms with Gasteiger partial charge in [-0.1, -0.05) is 30.3 Å². The molecular formula is C22H24N4O2. The predicted octanol–water partition coefficient (Wildman–Crippen LogP) is 2.02. The normalized spacial score (nSPS) is 14.8. The Kier molecular flexibility index (Phi) is 6.77. The third-order valence-corrected chi connectivity index (χ3v) is 4.87. The highest BCUT2D eigenvalue weighted by molar-refractivity contribution is 5.96. The van der Waals surface area contributed by atoms with Gasteiger partial charge in [-0.25, -0.2) is 0 Å². The highest BCUT2D eigenvalue weighted by atomic mass is 16.2. The fourth-order valence-corrected chi connectivity index (χ4v) is 3.28. The van der Waals surface area contributed by atoms with E-state index in [1.807, 2.05) is 35.2 Å². The maximum absolute atomic E-state index is 12.5. The molecular weight excluding hydrogens is 352 g/mol. The molecule has 0 aliphatic carbocycles. The number of amides is 2. The molecule has 2 aromatic rings. The zero-order valence-electron chi connectivity index (χ0n) is 15.8. The number of benzene rings is 2. The van der Waals surface area contributed by atoms with Crippen LogP contribution >= 0.6 is 0 Å². The number of carbonyl (C=O) groups excluding carboxylic acids is 2. The Bertz CT molecular complexity index is 843. The molecule has 0 atom stereocenters. The number of nitriles is 1. The van der Waals surface area contributed by atoms with Gasteiger partial charge in [-0.2, -0.15) is 5.26 Å². The highest BCUT2D eigenvalue weighted by Gasteiger charge is 2.19. The van der Waals surface area contributed by atoms with E-state index < -0.39 is 0 Å². The Morgan fingerprint density at radius 2 is 1.71 bits per heavy atom. The lowest BCUT2D eigenvalue weighted by atomic mass is 10.1. The van der Waals surface area contributed by atoms with Crippen LogP contribution in [-0.2, 0) is 11.3 Å². The van der Waals surface area contributed by atoms with Gasteiger partial charge in [0, 0.05) is 38.3 Å². The summed E-state index contributed by atoms with van der Waals surface area (Å²) in [6, 6.07) is 18.7. The van der Waals surface area contributed by atoms with Gasteiger partial charge in [-0.15, -0.1) is 0 Å². The van der Waals surface area contributed by atoms with E-state index >= 15 is 0 Å². The molecule has 144 valence electrons. The van der Waals surface area contributed by atoms with Crippen molar-refractivity contribution in [3.8, 4) is 6.07 Å². The van der Waals surface area contributed by atoms with E-state index in [1.165, 1.54) is 0 Å². The molecule has 1 aliphatic heterocycles. The Labute approximate surface area is 165 Å². The lowest BCUT2D eigenvalue weighted by Gasteiger charge is -2.22. The van der Waals surface area contributed by atoms with Crippen LogP contribution in [0.25, 0.3) is 0 Å². The molecule has 0 bridgehead atoms. The molecule has 1 saturated heterocycles. The van der Waals surface area contributed by atoms with Crippen molar-refractivity contribution in [2.75, 3.05) is 32.7 Å². The van der Waals surface area contributed by atoms with E-state index in [9.17, 15) is 9.59 Å². The summed E-state index contributed by atoms with van der Waals surface area (Å²) in [6.07, 6.45) is 0.897. The van der Waals surface area contributed by atoms with Crippen molar-refractivity contribution in [3.05, 3.63) is 71.3 Å². The Morgan fingerprint density at radius 1 is 0.964 bits per heavy atom. The standard InChI is InChI=1S/C22H24N4O2/c23-15-18-7-9-19(10-8-18)17-25-11-4-12-26(14-13-25)21(27)16-24-22(28)20-5-2-1-3-6-20/h1-3,5-10H,4,11-14,16-17H2,(H,24,28).